The number of hydrogen-bond donors (Lipinski definition) is 0. The van der Waals surface area contributed by atoms with E-state index >= 15 is 0 Å². The third-order valence-corrected chi connectivity index (χ3v) is 2.58. The van der Waals surface area contributed by atoms with Crippen molar-refractivity contribution in [3.63, 3.8) is 0 Å². The Labute approximate surface area is 84.8 Å². The highest BCUT2D eigenvalue weighted by molar-refractivity contribution is 5.19. The molecule has 2 heteroatoms. The van der Waals surface area contributed by atoms with Gasteiger partial charge in [-0.2, -0.15) is 0 Å². The number of benzene rings is 1. The fourth-order valence-electron chi connectivity index (χ4n) is 1.60. The number of hydrogen-bond acceptors (Lipinski definition) is 2. The molecule has 1 aromatic carbocycles. The maximum absolute atomic E-state index is 5.74. The molecular weight excluding hydrogens is 176 g/mol. The van der Waals surface area contributed by atoms with Crippen LogP contribution in [-0.4, -0.2) is 13.2 Å². The van der Waals surface area contributed by atoms with Crippen molar-refractivity contribution in [2.24, 2.45) is 5.92 Å². The molecule has 2 rings (SSSR count). The summed E-state index contributed by atoms with van der Waals surface area (Å²) in [5.74, 6) is -0.0555. The maximum Gasteiger partial charge on any atom is 0.191 e. The van der Waals surface area contributed by atoms with Crippen LogP contribution in [0.15, 0.2) is 30.3 Å². The van der Waals surface area contributed by atoms with Gasteiger partial charge in [0.2, 0.25) is 0 Å². The molecule has 1 aliphatic heterocycles. The molecule has 0 N–H and O–H groups in total. The van der Waals surface area contributed by atoms with E-state index in [2.05, 4.69) is 6.92 Å². The third kappa shape index (κ3) is 1.81. The summed E-state index contributed by atoms with van der Waals surface area (Å²) >= 11 is 0. The summed E-state index contributed by atoms with van der Waals surface area (Å²) in [5.41, 5.74) is 1.09. The Morgan fingerprint density at radius 3 is 2.29 bits per heavy atom. The Morgan fingerprint density at radius 1 is 1.14 bits per heavy atom. The third-order valence-electron chi connectivity index (χ3n) is 2.58. The first-order chi connectivity index (χ1) is 6.71. The molecule has 0 spiro atoms. The summed E-state index contributed by atoms with van der Waals surface area (Å²) < 4.78 is 11.5. The summed E-state index contributed by atoms with van der Waals surface area (Å²) in [4.78, 5) is 0. The highest BCUT2D eigenvalue weighted by Gasteiger charge is 2.33. The topological polar surface area (TPSA) is 18.5 Å². The standard InChI is InChI=1S/C12H16O2/c1-10-8-13-12(2,14-9-10)11-6-4-3-5-7-11/h3-7,10H,8-9H2,1-2H3. The fourth-order valence-corrected chi connectivity index (χ4v) is 1.60. The van der Waals surface area contributed by atoms with E-state index in [1.165, 1.54) is 0 Å². The van der Waals surface area contributed by atoms with Crippen LogP contribution < -0.4 is 0 Å². The number of ether oxygens (including phenoxy) is 2. The van der Waals surface area contributed by atoms with Crippen molar-refractivity contribution in [1.29, 1.82) is 0 Å². The van der Waals surface area contributed by atoms with E-state index in [1.807, 2.05) is 37.3 Å². The normalized spacial score (nSPS) is 32.9. The Morgan fingerprint density at radius 2 is 1.71 bits per heavy atom. The Balaban J connectivity index is 2.17. The van der Waals surface area contributed by atoms with Crippen LogP contribution in [0.2, 0.25) is 0 Å². The average Bonchev–Trinajstić information content (AvgIpc) is 2.24. The molecule has 0 amide bonds. The molecule has 0 aliphatic carbocycles. The lowest BCUT2D eigenvalue weighted by molar-refractivity contribution is -0.279. The SMILES string of the molecule is CC1COC(C)(c2ccccc2)OC1. The molecular formula is C12H16O2. The summed E-state index contributed by atoms with van der Waals surface area (Å²) in [6.07, 6.45) is 0. The van der Waals surface area contributed by atoms with Gasteiger partial charge < -0.3 is 9.47 Å². The van der Waals surface area contributed by atoms with Crippen LogP contribution in [0.3, 0.4) is 0 Å². The van der Waals surface area contributed by atoms with Crippen LogP contribution in [-0.2, 0) is 15.3 Å². The minimum atomic E-state index is -0.548. The molecule has 1 fully saturated rings. The van der Waals surface area contributed by atoms with Gasteiger partial charge in [-0.15, -0.1) is 0 Å². The molecule has 1 aliphatic rings. The van der Waals surface area contributed by atoms with Gasteiger partial charge in [-0.25, -0.2) is 0 Å². The smallest absolute Gasteiger partial charge is 0.191 e. The van der Waals surface area contributed by atoms with Crippen LogP contribution >= 0.6 is 0 Å². The summed E-state index contributed by atoms with van der Waals surface area (Å²) in [6, 6.07) is 10.1. The predicted molar refractivity (Wildman–Crippen MR) is 54.9 cm³/mol. The maximum atomic E-state index is 5.74. The Hall–Kier alpha value is -0.860. The van der Waals surface area contributed by atoms with E-state index in [9.17, 15) is 0 Å². The van der Waals surface area contributed by atoms with Crippen molar-refractivity contribution in [2.45, 2.75) is 19.6 Å². The van der Waals surface area contributed by atoms with Gasteiger partial charge in [0.1, 0.15) is 0 Å². The molecule has 0 radical (unpaired) electrons. The first-order valence-electron chi connectivity index (χ1n) is 5.04. The van der Waals surface area contributed by atoms with Crippen LogP contribution in [0, 0.1) is 5.92 Å². The highest BCUT2D eigenvalue weighted by atomic mass is 16.7. The Kier molecular flexibility index (Phi) is 2.57. The van der Waals surface area contributed by atoms with Gasteiger partial charge in [0.25, 0.3) is 0 Å². The summed E-state index contributed by atoms with van der Waals surface area (Å²) in [5, 5.41) is 0. The van der Waals surface area contributed by atoms with Crippen LogP contribution in [0.4, 0.5) is 0 Å². The van der Waals surface area contributed by atoms with E-state index in [0.717, 1.165) is 18.8 Å². The zero-order valence-corrected chi connectivity index (χ0v) is 8.69. The van der Waals surface area contributed by atoms with E-state index in [-0.39, 0.29) is 0 Å². The van der Waals surface area contributed by atoms with Crippen molar-refractivity contribution in [3.05, 3.63) is 35.9 Å². The first kappa shape index (κ1) is 9.69. The van der Waals surface area contributed by atoms with Gasteiger partial charge in [0.15, 0.2) is 5.79 Å². The van der Waals surface area contributed by atoms with Crippen molar-refractivity contribution in [2.75, 3.05) is 13.2 Å². The molecule has 0 aromatic heterocycles. The summed E-state index contributed by atoms with van der Waals surface area (Å²) in [7, 11) is 0. The minimum Gasteiger partial charge on any atom is -0.346 e. The molecule has 0 saturated carbocycles. The van der Waals surface area contributed by atoms with Crippen molar-refractivity contribution in [3.8, 4) is 0 Å². The lowest BCUT2D eigenvalue weighted by atomic mass is 10.1. The van der Waals surface area contributed by atoms with Gasteiger partial charge in [0.05, 0.1) is 13.2 Å². The van der Waals surface area contributed by atoms with Gasteiger partial charge in [-0.1, -0.05) is 37.3 Å². The average molecular weight is 192 g/mol. The zero-order valence-electron chi connectivity index (χ0n) is 8.69. The number of rotatable bonds is 1. The fraction of sp³-hybridized carbons (Fsp3) is 0.500. The molecule has 76 valence electrons. The second-order valence-corrected chi connectivity index (χ2v) is 4.04. The van der Waals surface area contributed by atoms with Crippen molar-refractivity contribution in [1.82, 2.24) is 0 Å². The van der Waals surface area contributed by atoms with Gasteiger partial charge >= 0.3 is 0 Å². The quantitative estimate of drug-likeness (QED) is 0.680. The van der Waals surface area contributed by atoms with Crippen LogP contribution in [0.1, 0.15) is 19.4 Å². The van der Waals surface area contributed by atoms with E-state index in [1.54, 1.807) is 0 Å². The monoisotopic (exact) mass is 192 g/mol. The van der Waals surface area contributed by atoms with Crippen molar-refractivity contribution < 1.29 is 9.47 Å². The van der Waals surface area contributed by atoms with E-state index in [4.69, 9.17) is 9.47 Å². The molecule has 1 aromatic rings. The largest absolute Gasteiger partial charge is 0.346 e. The zero-order chi connectivity index (χ0) is 10.0. The Bertz CT molecular complexity index is 286. The molecule has 14 heavy (non-hydrogen) atoms. The molecule has 0 atom stereocenters. The van der Waals surface area contributed by atoms with Gasteiger partial charge in [0, 0.05) is 11.5 Å². The van der Waals surface area contributed by atoms with E-state index < -0.39 is 5.79 Å². The first-order valence-corrected chi connectivity index (χ1v) is 5.04. The van der Waals surface area contributed by atoms with Gasteiger partial charge in [-0.05, 0) is 6.92 Å². The van der Waals surface area contributed by atoms with Crippen LogP contribution in [0.25, 0.3) is 0 Å². The summed E-state index contributed by atoms with van der Waals surface area (Å²) in [6.45, 7) is 5.65. The molecule has 2 nitrogen and oxygen atoms in total. The van der Waals surface area contributed by atoms with Crippen LogP contribution in [0.5, 0.6) is 0 Å². The molecule has 1 heterocycles. The lowest BCUT2D eigenvalue weighted by Gasteiger charge is -2.36. The predicted octanol–water partition coefficient (Wildman–Crippen LogP) is 2.54. The second-order valence-electron chi connectivity index (χ2n) is 4.04. The highest BCUT2D eigenvalue weighted by Crippen LogP contribution is 2.31. The lowest BCUT2D eigenvalue weighted by Crippen LogP contribution is -2.38. The van der Waals surface area contributed by atoms with E-state index in [0.29, 0.717) is 5.92 Å². The second kappa shape index (κ2) is 3.71. The van der Waals surface area contributed by atoms with Gasteiger partial charge in [-0.3, -0.25) is 0 Å². The minimum absolute atomic E-state index is 0.492. The molecule has 0 unspecified atom stereocenters. The molecule has 1 saturated heterocycles. The molecule has 0 bridgehead atoms. The van der Waals surface area contributed by atoms with Crippen molar-refractivity contribution >= 4 is 0 Å².